The van der Waals surface area contributed by atoms with Crippen molar-refractivity contribution in [3.05, 3.63) is 34.9 Å². The van der Waals surface area contributed by atoms with E-state index in [1.54, 1.807) is 7.11 Å². The highest BCUT2D eigenvalue weighted by Gasteiger charge is 2.17. The lowest BCUT2D eigenvalue weighted by atomic mass is 10.1. The Kier molecular flexibility index (Phi) is 5.92. The summed E-state index contributed by atoms with van der Waals surface area (Å²) in [6.07, 6.45) is -0.477. The molecule has 0 aliphatic carbocycles. The predicted octanol–water partition coefficient (Wildman–Crippen LogP) is 2.34. The summed E-state index contributed by atoms with van der Waals surface area (Å²) in [5.74, 6) is 0. The molecule has 0 bridgehead atoms. The van der Waals surface area contributed by atoms with Crippen LogP contribution in [0.2, 0.25) is 5.02 Å². The first-order chi connectivity index (χ1) is 8.06. The summed E-state index contributed by atoms with van der Waals surface area (Å²) in [6.45, 7) is 2.97. The minimum Gasteiger partial charge on any atom is -0.389 e. The monoisotopic (exact) mass is 257 g/mol. The minimum atomic E-state index is -0.477. The summed E-state index contributed by atoms with van der Waals surface area (Å²) in [5.41, 5.74) is 1.07. The average Bonchev–Trinajstić information content (AvgIpc) is 2.29. The van der Waals surface area contributed by atoms with Crippen molar-refractivity contribution in [2.75, 3.05) is 27.3 Å². The lowest BCUT2D eigenvalue weighted by Gasteiger charge is -2.27. The number of aliphatic hydroxyl groups excluding tert-OH is 1. The summed E-state index contributed by atoms with van der Waals surface area (Å²) in [4.78, 5) is 2.06. The molecule has 17 heavy (non-hydrogen) atoms. The van der Waals surface area contributed by atoms with Crippen LogP contribution in [0.5, 0.6) is 0 Å². The highest BCUT2D eigenvalue weighted by atomic mass is 35.5. The van der Waals surface area contributed by atoms with Crippen LogP contribution in [0.4, 0.5) is 0 Å². The van der Waals surface area contributed by atoms with E-state index in [0.29, 0.717) is 13.2 Å². The molecule has 0 aromatic heterocycles. The largest absolute Gasteiger partial charge is 0.389 e. The van der Waals surface area contributed by atoms with Crippen LogP contribution in [-0.2, 0) is 4.74 Å². The Hall–Kier alpha value is -0.610. The van der Waals surface area contributed by atoms with E-state index < -0.39 is 6.10 Å². The van der Waals surface area contributed by atoms with Gasteiger partial charge in [-0.3, -0.25) is 4.90 Å². The molecule has 0 fully saturated rings. The number of nitrogens with zero attached hydrogens (tertiary/aromatic N) is 1. The lowest BCUT2D eigenvalue weighted by Crippen LogP contribution is -2.33. The van der Waals surface area contributed by atoms with Crippen molar-refractivity contribution in [1.82, 2.24) is 4.90 Å². The zero-order chi connectivity index (χ0) is 12.8. The molecule has 0 aliphatic heterocycles. The zero-order valence-corrected chi connectivity index (χ0v) is 11.3. The van der Waals surface area contributed by atoms with Gasteiger partial charge in [-0.1, -0.05) is 29.8 Å². The van der Waals surface area contributed by atoms with E-state index in [4.69, 9.17) is 16.3 Å². The van der Waals surface area contributed by atoms with Crippen molar-refractivity contribution in [2.45, 2.75) is 19.1 Å². The fraction of sp³-hybridized carbons (Fsp3) is 0.538. The van der Waals surface area contributed by atoms with E-state index in [9.17, 15) is 5.11 Å². The third-order valence-electron chi connectivity index (χ3n) is 2.87. The fourth-order valence-electron chi connectivity index (χ4n) is 1.79. The van der Waals surface area contributed by atoms with Gasteiger partial charge in [0.15, 0.2) is 0 Å². The molecular formula is C13H20ClNO2. The van der Waals surface area contributed by atoms with Crippen molar-refractivity contribution in [3.8, 4) is 0 Å². The maximum Gasteiger partial charge on any atom is 0.0900 e. The Balaban J connectivity index is 2.63. The molecule has 3 nitrogen and oxygen atoms in total. The molecule has 4 heteroatoms. The van der Waals surface area contributed by atoms with Gasteiger partial charge >= 0.3 is 0 Å². The predicted molar refractivity (Wildman–Crippen MR) is 70.4 cm³/mol. The van der Waals surface area contributed by atoms with Crippen LogP contribution in [0.15, 0.2) is 24.3 Å². The number of aliphatic hydroxyl groups is 1. The van der Waals surface area contributed by atoms with Crippen LogP contribution in [-0.4, -0.2) is 43.4 Å². The topological polar surface area (TPSA) is 32.7 Å². The van der Waals surface area contributed by atoms with E-state index in [0.717, 1.165) is 10.6 Å². The van der Waals surface area contributed by atoms with Crippen LogP contribution >= 0.6 is 11.6 Å². The molecule has 0 amide bonds. The van der Waals surface area contributed by atoms with Crippen LogP contribution in [0.3, 0.4) is 0 Å². The Morgan fingerprint density at radius 3 is 2.65 bits per heavy atom. The molecule has 0 heterocycles. The third-order valence-corrected chi connectivity index (χ3v) is 3.22. The summed E-state index contributed by atoms with van der Waals surface area (Å²) >= 11 is 6.15. The van der Waals surface area contributed by atoms with E-state index in [1.165, 1.54) is 0 Å². The van der Waals surface area contributed by atoms with Crippen LogP contribution in [0, 0.1) is 0 Å². The second kappa shape index (κ2) is 6.97. The molecule has 0 radical (unpaired) electrons. The number of halogens is 1. The number of hydrogen-bond donors (Lipinski definition) is 1. The minimum absolute atomic E-state index is 0.162. The normalized spacial score (nSPS) is 14.9. The van der Waals surface area contributed by atoms with Gasteiger partial charge in [0.05, 0.1) is 12.7 Å². The molecule has 0 spiro atoms. The average molecular weight is 258 g/mol. The molecule has 1 rings (SSSR count). The second-order valence-electron chi connectivity index (χ2n) is 4.25. The first kappa shape index (κ1) is 14.5. The van der Waals surface area contributed by atoms with Crippen molar-refractivity contribution >= 4 is 11.6 Å². The van der Waals surface area contributed by atoms with Gasteiger partial charge in [-0.25, -0.2) is 0 Å². The van der Waals surface area contributed by atoms with Gasteiger partial charge < -0.3 is 9.84 Å². The number of rotatable bonds is 6. The summed E-state index contributed by atoms with van der Waals surface area (Å²) in [6, 6.07) is 7.93. The highest BCUT2D eigenvalue weighted by molar-refractivity contribution is 6.31. The van der Waals surface area contributed by atoms with Crippen LogP contribution < -0.4 is 0 Å². The first-order valence-corrected chi connectivity index (χ1v) is 6.05. The van der Waals surface area contributed by atoms with Crippen LogP contribution in [0.1, 0.15) is 18.5 Å². The lowest BCUT2D eigenvalue weighted by molar-refractivity contribution is 0.0357. The molecule has 2 unspecified atom stereocenters. The van der Waals surface area contributed by atoms with Gasteiger partial charge in [-0.15, -0.1) is 0 Å². The Labute approximate surface area is 108 Å². The molecular weight excluding hydrogens is 238 g/mol. The number of ether oxygens (including phenoxy) is 1. The summed E-state index contributed by atoms with van der Waals surface area (Å²) in [7, 11) is 3.55. The van der Waals surface area contributed by atoms with Crippen molar-refractivity contribution in [2.24, 2.45) is 0 Å². The SMILES string of the molecule is COCC(O)CN(C)C(C)c1ccccc1Cl. The van der Waals surface area contributed by atoms with Crippen molar-refractivity contribution in [3.63, 3.8) is 0 Å². The smallest absolute Gasteiger partial charge is 0.0900 e. The van der Waals surface area contributed by atoms with Gasteiger partial charge in [-0.2, -0.15) is 0 Å². The molecule has 0 aliphatic rings. The molecule has 1 N–H and O–H groups in total. The molecule has 0 saturated carbocycles. The van der Waals surface area contributed by atoms with E-state index in [2.05, 4.69) is 11.8 Å². The number of methoxy groups -OCH3 is 1. The Bertz CT molecular complexity index is 346. The number of hydrogen-bond acceptors (Lipinski definition) is 3. The summed E-state index contributed by atoms with van der Waals surface area (Å²) < 4.78 is 4.91. The molecule has 1 aromatic rings. The quantitative estimate of drug-likeness (QED) is 0.849. The zero-order valence-electron chi connectivity index (χ0n) is 10.6. The molecule has 1 aromatic carbocycles. The highest BCUT2D eigenvalue weighted by Crippen LogP contribution is 2.26. The van der Waals surface area contributed by atoms with E-state index in [-0.39, 0.29) is 6.04 Å². The van der Waals surface area contributed by atoms with Crippen molar-refractivity contribution < 1.29 is 9.84 Å². The first-order valence-electron chi connectivity index (χ1n) is 5.68. The maximum absolute atomic E-state index is 9.69. The Morgan fingerprint density at radius 1 is 1.41 bits per heavy atom. The van der Waals surface area contributed by atoms with Gasteiger partial charge in [0.2, 0.25) is 0 Å². The van der Waals surface area contributed by atoms with Gasteiger partial charge in [0.25, 0.3) is 0 Å². The maximum atomic E-state index is 9.69. The van der Waals surface area contributed by atoms with E-state index >= 15 is 0 Å². The fourth-order valence-corrected chi connectivity index (χ4v) is 2.08. The van der Waals surface area contributed by atoms with Gasteiger partial charge in [0.1, 0.15) is 0 Å². The van der Waals surface area contributed by atoms with Crippen LogP contribution in [0.25, 0.3) is 0 Å². The van der Waals surface area contributed by atoms with Gasteiger partial charge in [0, 0.05) is 24.7 Å². The number of likely N-dealkylation sites (N-methyl/N-ethyl adjacent to an activating group) is 1. The standard InChI is InChI=1S/C13H20ClNO2/c1-10(12-6-4-5-7-13(12)14)15(2)8-11(16)9-17-3/h4-7,10-11,16H,8-9H2,1-3H3. The molecule has 0 saturated heterocycles. The third kappa shape index (κ3) is 4.28. The van der Waals surface area contributed by atoms with E-state index in [1.807, 2.05) is 31.3 Å². The Morgan fingerprint density at radius 2 is 2.06 bits per heavy atom. The second-order valence-corrected chi connectivity index (χ2v) is 4.65. The number of benzene rings is 1. The van der Waals surface area contributed by atoms with Gasteiger partial charge in [-0.05, 0) is 25.6 Å². The summed E-state index contributed by atoms with van der Waals surface area (Å²) in [5, 5.41) is 10.4. The molecule has 96 valence electrons. The molecule has 2 atom stereocenters. The van der Waals surface area contributed by atoms with Crippen molar-refractivity contribution in [1.29, 1.82) is 0 Å².